The Morgan fingerprint density at radius 3 is 2.80 bits per heavy atom. The Kier molecular flexibility index (Phi) is 1.76. The largest absolute Gasteiger partial charge is 0.367 e. The highest BCUT2D eigenvalue weighted by molar-refractivity contribution is 5.92. The summed E-state index contributed by atoms with van der Waals surface area (Å²) in [6.07, 6.45) is 2.11. The molecule has 0 aliphatic carbocycles. The molecule has 2 aromatic rings. The van der Waals surface area contributed by atoms with Crippen molar-refractivity contribution in [2.24, 2.45) is 12.8 Å². The Hall–Kier alpha value is -1.48. The lowest BCUT2D eigenvalue weighted by molar-refractivity contribution is 0.520. The van der Waals surface area contributed by atoms with Crippen LogP contribution in [0.2, 0.25) is 0 Å². The maximum atomic E-state index is 5.82. The molecule has 1 fully saturated rings. The lowest BCUT2D eigenvalue weighted by Crippen LogP contribution is -2.56. The molecule has 1 aliphatic heterocycles. The summed E-state index contributed by atoms with van der Waals surface area (Å²) >= 11 is 0. The van der Waals surface area contributed by atoms with Crippen LogP contribution in [0, 0.1) is 0 Å². The van der Waals surface area contributed by atoms with Crippen molar-refractivity contribution in [3.63, 3.8) is 0 Å². The van der Waals surface area contributed by atoms with Crippen molar-refractivity contribution in [1.82, 2.24) is 4.57 Å². The van der Waals surface area contributed by atoms with Crippen molar-refractivity contribution in [3.8, 4) is 0 Å². The molecule has 3 rings (SSSR count). The van der Waals surface area contributed by atoms with Crippen molar-refractivity contribution >= 4 is 16.6 Å². The molecule has 2 heterocycles. The van der Waals surface area contributed by atoms with Gasteiger partial charge in [0, 0.05) is 37.8 Å². The van der Waals surface area contributed by atoms with Gasteiger partial charge in [-0.3, -0.25) is 0 Å². The molecular formula is C12H15N3. The highest BCUT2D eigenvalue weighted by atomic mass is 15.2. The quantitative estimate of drug-likeness (QED) is 0.755. The average Bonchev–Trinajstić information content (AvgIpc) is 2.56. The fourth-order valence-corrected chi connectivity index (χ4v) is 2.30. The first-order chi connectivity index (χ1) is 7.25. The number of para-hydroxylation sites is 1. The molecule has 0 unspecified atom stereocenters. The average molecular weight is 201 g/mol. The molecule has 78 valence electrons. The summed E-state index contributed by atoms with van der Waals surface area (Å²) in [5, 5.41) is 1.30. The number of hydrogen-bond donors (Lipinski definition) is 1. The van der Waals surface area contributed by atoms with Crippen LogP contribution < -0.4 is 10.6 Å². The molecule has 0 spiro atoms. The SMILES string of the molecule is Cn1ccc2cccc(N3CC(N)C3)c21. The molecule has 1 aromatic carbocycles. The van der Waals surface area contributed by atoms with Gasteiger partial charge in [0.25, 0.3) is 0 Å². The number of benzene rings is 1. The van der Waals surface area contributed by atoms with Gasteiger partial charge >= 0.3 is 0 Å². The zero-order chi connectivity index (χ0) is 10.4. The molecule has 0 atom stereocenters. The minimum atomic E-state index is 0.348. The molecule has 3 nitrogen and oxygen atoms in total. The van der Waals surface area contributed by atoms with Gasteiger partial charge in [-0.25, -0.2) is 0 Å². The summed E-state index contributed by atoms with van der Waals surface area (Å²) in [5.41, 5.74) is 8.43. The van der Waals surface area contributed by atoms with E-state index in [-0.39, 0.29) is 0 Å². The number of rotatable bonds is 1. The van der Waals surface area contributed by atoms with Crippen molar-refractivity contribution in [2.45, 2.75) is 6.04 Å². The Bertz CT molecular complexity index is 495. The number of aromatic nitrogens is 1. The molecule has 3 heteroatoms. The van der Waals surface area contributed by atoms with E-state index in [9.17, 15) is 0 Å². The third kappa shape index (κ3) is 1.23. The van der Waals surface area contributed by atoms with Gasteiger partial charge in [0.05, 0.1) is 11.2 Å². The van der Waals surface area contributed by atoms with Gasteiger partial charge in [-0.15, -0.1) is 0 Å². The lowest BCUT2D eigenvalue weighted by Gasteiger charge is -2.39. The summed E-state index contributed by atoms with van der Waals surface area (Å²) in [5.74, 6) is 0. The molecule has 1 aromatic heterocycles. The zero-order valence-corrected chi connectivity index (χ0v) is 8.85. The number of nitrogens with zero attached hydrogens (tertiary/aromatic N) is 2. The van der Waals surface area contributed by atoms with Gasteiger partial charge in [0.15, 0.2) is 0 Å². The van der Waals surface area contributed by atoms with E-state index < -0.39 is 0 Å². The van der Waals surface area contributed by atoms with Crippen molar-refractivity contribution < 1.29 is 0 Å². The first-order valence-corrected chi connectivity index (χ1v) is 5.30. The first-order valence-electron chi connectivity index (χ1n) is 5.30. The fraction of sp³-hybridized carbons (Fsp3) is 0.333. The lowest BCUT2D eigenvalue weighted by atomic mass is 10.1. The van der Waals surface area contributed by atoms with E-state index in [1.165, 1.54) is 16.6 Å². The molecule has 15 heavy (non-hydrogen) atoms. The summed E-state index contributed by atoms with van der Waals surface area (Å²) in [6, 6.07) is 8.94. The van der Waals surface area contributed by atoms with Crippen molar-refractivity contribution in [1.29, 1.82) is 0 Å². The second-order valence-electron chi connectivity index (χ2n) is 4.31. The van der Waals surface area contributed by atoms with Crippen LogP contribution >= 0.6 is 0 Å². The summed E-state index contributed by atoms with van der Waals surface area (Å²) in [6.45, 7) is 1.95. The van der Waals surface area contributed by atoms with Crippen LogP contribution in [0.1, 0.15) is 0 Å². The summed E-state index contributed by atoms with van der Waals surface area (Å²) in [4.78, 5) is 2.34. The van der Waals surface area contributed by atoms with E-state index in [1.54, 1.807) is 0 Å². The van der Waals surface area contributed by atoms with Crippen LogP contribution in [0.4, 0.5) is 5.69 Å². The minimum Gasteiger partial charge on any atom is -0.367 e. The fourth-order valence-electron chi connectivity index (χ4n) is 2.30. The predicted molar refractivity (Wildman–Crippen MR) is 63.1 cm³/mol. The molecule has 1 saturated heterocycles. The monoisotopic (exact) mass is 201 g/mol. The molecule has 0 bridgehead atoms. The van der Waals surface area contributed by atoms with Crippen LogP contribution in [0.15, 0.2) is 30.5 Å². The number of hydrogen-bond acceptors (Lipinski definition) is 2. The minimum absolute atomic E-state index is 0.348. The molecule has 1 aliphatic rings. The smallest absolute Gasteiger partial charge is 0.0715 e. The number of aryl methyl sites for hydroxylation is 1. The van der Waals surface area contributed by atoms with Crippen LogP contribution in [0.5, 0.6) is 0 Å². The van der Waals surface area contributed by atoms with E-state index >= 15 is 0 Å². The van der Waals surface area contributed by atoms with Gasteiger partial charge in [0.1, 0.15) is 0 Å². The van der Waals surface area contributed by atoms with Crippen LogP contribution in [0.3, 0.4) is 0 Å². The Balaban J connectivity index is 2.13. The normalized spacial score (nSPS) is 17.1. The molecular weight excluding hydrogens is 186 g/mol. The van der Waals surface area contributed by atoms with E-state index in [4.69, 9.17) is 5.73 Å². The van der Waals surface area contributed by atoms with E-state index in [0.29, 0.717) is 6.04 Å². The Morgan fingerprint density at radius 1 is 1.27 bits per heavy atom. The van der Waals surface area contributed by atoms with Crippen LogP contribution in [-0.4, -0.2) is 23.7 Å². The van der Waals surface area contributed by atoms with Gasteiger partial charge in [-0.2, -0.15) is 0 Å². The summed E-state index contributed by atoms with van der Waals surface area (Å²) in [7, 11) is 2.09. The topological polar surface area (TPSA) is 34.2 Å². The molecule has 0 amide bonds. The zero-order valence-electron chi connectivity index (χ0n) is 8.85. The van der Waals surface area contributed by atoms with Crippen molar-refractivity contribution in [2.75, 3.05) is 18.0 Å². The standard InChI is InChI=1S/C12H15N3/c1-14-6-5-9-3-2-4-11(12(9)14)15-7-10(13)8-15/h2-6,10H,7-8,13H2,1H3. The number of anilines is 1. The highest BCUT2D eigenvalue weighted by Gasteiger charge is 2.24. The van der Waals surface area contributed by atoms with Crippen molar-refractivity contribution in [3.05, 3.63) is 30.5 Å². The number of fused-ring (bicyclic) bond motifs is 1. The Morgan fingerprint density at radius 2 is 2.07 bits per heavy atom. The third-order valence-electron chi connectivity index (χ3n) is 3.13. The molecule has 0 radical (unpaired) electrons. The molecule has 0 saturated carbocycles. The van der Waals surface area contributed by atoms with Gasteiger partial charge in [0.2, 0.25) is 0 Å². The van der Waals surface area contributed by atoms with E-state index in [2.05, 4.69) is 47.0 Å². The summed E-state index contributed by atoms with van der Waals surface area (Å²) < 4.78 is 2.18. The second kappa shape index (κ2) is 3.00. The first kappa shape index (κ1) is 8.80. The Labute approximate surface area is 89.1 Å². The van der Waals surface area contributed by atoms with Crippen LogP contribution in [-0.2, 0) is 7.05 Å². The predicted octanol–water partition coefficient (Wildman–Crippen LogP) is 1.33. The van der Waals surface area contributed by atoms with Crippen LogP contribution in [0.25, 0.3) is 10.9 Å². The van der Waals surface area contributed by atoms with Gasteiger partial charge in [-0.1, -0.05) is 12.1 Å². The van der Waals surface area contributed by atoms with E-state index in [1.807, 2.05) is 0 Å². The van der Waals surface area contributed by atoms with E-state index in [0.717, 1.165) is 13.1 Å². The number of nitrogens with two attached hydrogens (primary N) is 1. The maximum absolute atomic E-state index is 5.82. The second-order valence-corrected chi connectivity index (χ2v) is 4.31. The molecule has 2 N–H and O–H groups in total. The maximum Gasteiger partial charge on any atom is 0.0715 e. The highest BCUT2D eigenvalue weighted by Crippen LogP contribution is 2.29. The van der Waals surface area contributed by atoms with Gasteiger partial charge in [-0.05, 0) is 12.1 Å². The van der Waals surface area contributed by atoms with Gasteiger partial charge < -0.3 is 15.2 Å². The third-order valence-corrected chi connectivity index (χ3v) is 3.13.